The summed E-state index contributed by atoms with van der Waals surface area (Å²) in [5.74, 6) is 0.753. The minimum absolute atomic E-state index is 0.0634. The average molecular weight is 424 g/mol. The highest BCUT2D eigenvalue weighted by Gasteiger charge is 2.16. The number of carbonyl (C=O) groups excluding carboxylic acids is 1. The van der Waals surface area contributed by atoms with Crippen LogP contribution in [-0.2, 0) is 9.63 Å². The van der Waals surface area contributed by atoms with Gasteiger partial charge >= 0.3 is 0 Å². The van der Waals surface area contributed by atoms with Gasteiger partial charge in [-0.25, -0.2) is 0 Å². The van der Waals surface area contributed by atoms with Crippen LogP contribution in [0.2, 0.25) is 0 Å². The molecular formula is C25H33N3O3. The SMILES string of the molecule is CCC(=NOCCN(C)c1ccccc1)c1ccc(OCC(=O)N2CCCCC2)cc1. The lowest BCUT2D eigenvalue weighted by molar-refractivity contribution is -0.134. The van der Waals surface area contributed by atoms with Crippen LogP contribution in [0.4, 0.5) is 5.69 Å². The second-order valence-corrected chi connectivity index (χ2v) is 7.74. The van der Waals surface area contributed by atoms with E-state index < -0.39 is 0 Å². The lowest BCUT2D eigenvalue weighted by Crippen LogP contribution is -2.38. The summed E-state index contributed by atoms with van der Waals surface area (Å²) in [6, 6.07) is 17.9. The number of ether oxygens (including phenoxy) is 1. The van der Waals surface area contributed by atoms with E-state index in [4.69, 9.17) is 9.57 Å². The average Bonchev–Trinajstić information content (AvgIpc) is 2.84. The first-order valence-corrected chi connectivity index (χ1v) is 11.1. The van der Waals surface area contributed by atoms with Crippen LogP contribution >= 0.6 is 0 Å². The molecule has 6 heteroatoms. The first kappa shape index (κ1) is 22.7. The first-order chi connectivity index (χ1) is 15.2. The third-order valence-corrected chi connectivity index (χ3v) is 5.48. The number of nitrogens with zero attached hydrogens (tertiary/aromatic N) is 3. The second-order valence-electron chi connectivity index (χ2n) is 7.74. The zero-order chi connectivity index (χ0) is 21.9. The third-order valence-electron chi connectivity index (χ3n) is 5.48. The highest BCUT2D eigenvalue weighted by atomic mass is 16.6. The van der Waals surface area contributed by atoms with Gasteiger partial charge in [-0.05, 0) is 67.6 Å². The molecule has 1 aliphatic rings. The predicted molar refractivity (Wildman–Crippen MR) is 125 cm³/mol. The molecule has 3 rings (SSSR count). The van der Waals surface area contributed by atoms with Gasteiger partial charge in [-0.1, -0.05) is 30.3 Å². The number of hydrogen-bond acceptors (Lipinski definition) is 5. The monoisotopic (exact) mass is 423 g/mol. The van der Waals surface area contributed by atoms with Crippen molar-refractivity contribution in [2.45, 2.75) is 32.6 Å². The Morgan fingerprint density at radius 1 is 1.03 bits per heavy atom. The summed E-state index contributed by atoms with van der Waals surface area (Å²) in [4.78, 5) is 21.8. The Kier molecular flexibility index (Phi) is 8.76. The molecule has 0 aromatic heterocycles. The van der Waals surface area contributed by atoms with Crippen molar-refractivity contribution in [1.82, 2.24) is 4.90 Å². The fraction of sp³-hybridized carbons (Fsp3) is 0.440. The molecule has 0 aliphatic carbocycles. The van der Waals surface area contributed by atoms with E-state index in [1.54, 1.807) is 0 Å². The maximum absolute atomic E-state index is 12.2. The zero-order valence-corrected chi connectivity index (χ0v) is 18.6. The number of likely N-dealkylation sites (N-methyl/N-ethyl adjacent to an activating group) is 1. The van der Waals surface area contributed by atoms with E-state index in [1.807, 2.05) is 54.4 Å². The lowest BCUT2D eigenvalue weighted by Gasteiger charge is -2.26. The van der Waals surface area contributed by atoms with Crippen molar-refractivity contribution in [1.29, 1.82) is 0 Å². The molecule has 0 atom stereocenters. The Morgan fingerprint density at radius 3 is 2.42 bits per heavy atom. The quantitative estimate of drug-likeness (QED) is 0.324. The van der Waals surface area contributed by atoms with Crippen LogP contribution in [0, 0.1) is 0 Å². The molecule has 1 saturated heterocycles. The van der Waals surface area contributed by atoms with Crippen molar-refractivity contribution in [2.75, 3.05) is 44.8 Å². The van der Waals surface area contributed by atoms with Gasteiger partial charge in [0, 0.05) is 25.8 Å². The van der Waals surface area contributed by atoms with Gasteiger partial charge in [0.1, 0.15) is 12.4 Å². The number of rotatable bonds is 10. The molecule has 1 aliphatic heterocycles. The standard InChI is InChI=1S/C25H33N3O3/c1-3-24(26-31-19-18-27(2)22-10-6-4-7-11-22)21-12-14-23(15-13-21)30-20-25(29)28-16-8-5-9-17-28/h4,6-7,10-15H,3,5,8-9,16-20H2,1-2H3. The number of amides is 1. The van der Waals surface area contributed by atoms with Crippen LogP contribution in [0.1, 0.15) is 38.2 Å². The first-order valence-electron chi connectivity index (χ1n) is 11.1. The molecule has 1 heterocycles. The van der Waals surface area contributed by atoms with Crippen molar-refractivity contribution >= 4 is 17.3 Å². The molecular weight excluding hydrogens is 390 g/mol. The largest absolute Gasteiger partial charge is 0.484 e. The zero-order valence-electron chi connectivity index (χ0n) is 18.6. The molecule has 31 heavy (non-hydrogen) atoms. The highest BCUT2D eigenvalue weighted by molar-refractivity contribution is 6.00. The highest BCUT2D eigenvalue weighted by Crippen LogP contribution is 2.16. The molecule has 1 amide bonds. The summed E-state index contributed by atoms with van der Waals surface area (Å²) in [7, 11) is 2.04. The van der Waals surface area contributed by atoms with Crippen LogP contribution in [0.25, 0.3) is 0 Å². The Balaban J connectivity index is 1.45. The van der Waals surface area contributed by atoms with Crippen molar-refractivity contribution in [3.63, 3.8) is 0 Å². The molecule has 1 fully saturated rings. The number of hydrogen-bond donors (Lipinski definition) is 0. The molecule has 0 unspecified atom stereocenters. The Bertz CT molecular complexity index is 831. The number of piperidine rings is 1. The Labute approximate surface area is 185 Å². The van der Waals surface area contributed by atoms with Crippen LogP contribution in [0.15, 0.2) is 59.8 Å². The fourth-order valence-electron chi connectivity index (χ4n) is 3.56. The number of oxime groups is 1. The van der Waals surface area contributed by atoms with Gasteiger partial charge in [0.05, 0.1) is 12.3 Å². The number of carbonyl (C=O) groups is 1. The molecule has 0 radical (unpaired) electrons. The number of likely N-dealkylation sites (tertiary alicyclic amines) is 1. The number of benzene rings is 2. The molecule has 2 aromatic rings. The summed E-state index contributed by atoms with van der Waals surface area (Å²) in [6.07, 6.45) is 4.15. The summed E-state index contributed by atoms with van der Waals surface area (Å²) in [5.41, 5.74) is 3.03. The lowest BCUT2D eigenvalue weighted by atomic mass is 10.1. The van der Waals surface area contributed by atoms with E-state index >= 15 is 0 Å². The van der Waals surface area contributed by atoms with Crippen LogP contribution in [0.5, 0.6) is 5.75 Å². The summed E-state index contributed by atoms with van der Waals surface area (Å²) < 4.78 is 5.69. The maximum atomic E-state index is 12.2. The van der Waals surface area contributed by atoms with Crippen molar-refractivity contribution in [3.8, 4) is 5.75 Å². The molecule has 6 nitrogen and oxygen atoms in total. The number of para-hydroxylation sites is 1. The van der Waals surface area contributed by atoms with Gasteiger partial charge in [0.15, 0.2) is 6.61 Å². The van der Waals surface area contributed by atoms with Gasteiger partial charge in [-0.15, -0.1) is 0 Å². The van der Waals surface area contributed by atoms with Gasteiger partial charge in [-0.2, -0.15) is 0 Å². The number of anilines is 1. The van der Waals surface area contributed by atoms with Crippen LogP contribution in [-0.4, -0.2) is 56.4 Å². The molecule has 0 spiro atoms. The van der Waals surface area contributed by atoms with E-state index in [2.05, 4.69) is 29.1 Å². The Hall–Kier alpha value is -3.02. The van der Waals surface area contributed by atoms with Crippen LogP contribution < -0.4 is 9.64 Å². The second kappa shape index (κ2) is 12.0. The fourth-order valence-corrected chi connectivity index (χ4v) is 3.56. The van der Waals surface area contributed by atoms with Gasteiger partial charge in [0.2, 0.25) is 0 Å². The van der Waals surface area contributed by atoms with Gasteiger partial charge in [0.25, 0.3) is 5.91 Å². The van der Waals surface area contributed by atoms with E-state index in [0.29, 0.717) is 12.4 Å². The normalized spacial score (nSPS) is 14.3. The van der Waals surface area contributed by atoms with Crippen molar-refractivity contribution in [2.24, 2.45) is 5.16 Å². The molecule has 0 saturated carbocycles. The van der Waals surface area contributed by atoms with E-state index in [9.17, 15) is 4.79 Å². The van der Waals surface area contributed by atoms with E-state index in [-0.39, 0.29) is 12.5 Å². The summed E-state index contributed by atoms with van der Waals surface area (Å²) >= 11 is 0. The minimum Gasteiger partial charge on any atom is -0.484 e. The topological polar surface area (TPSA) is 54.4 Å². The van der Waals surface area contributed by atoms with Crippen molar-refractivity contribution < 1.29 is 14.4 Å². The predicted octanol–water partition coefficient (Wildman–Crippen LogP) is 4.35. The molecule has 166 valence electrons. The van der Waals surface area contributed by atoms with Crippen LogP contribution in [0.3, 0.4) is 0 Å². The van der Waals surface area contributed by atoms with Crippen molar-refractivity contribution in [3.05, 3.63) is 60.2 Å². The molecule has 0 bridgehead atoms. The van der Waals surface area contributed by atoms with Gasteiger partial charge < -0.3 is 19.4 Å². The van der Waals surface area contributed by atoms with E-state index in [0.717, 1.165) is 55.9 Å². The smallest absolute Gasteiger partial charge is 0.260 e. The van der Waals surface area contributed by atoms with Gasteiger partial charge in [-0.3, -0.25) is 4.79 Å². The van der Waals surface area contributed by atoms with E-state index in [1.165, 1.54) is 6.42 Å². The summed E-state index contributed by atoms with van der Waals surface area (Å²) in [6.45, 7) is 5.10. The molecule has 2 aromatic carbocycles. The third kappa shape index (κ3) is 7.02. The minimum atomic E-state index is 0.0634. The Morgan fingerprint density at radius 2 is 1.74 bits per heavy atom. The summed E-state index contributed by atoms with van der Waals surface area (Å²) in [5, 5.41) is 4.33. The maximum Gasteiger partial charge on any atom is 0.260 e. The molecule has 0 N–H and O–H groups in total.